The molecule has 4 atom stereocenters. The van der Waals surface area contributed by atoms with Gasteiger partial charge in [0.1, 0.15) is 17.8 Å². The topological polar surface area (TPSA) is 58.9 Å². The number of hydrogen-bond acceptors (Lipinski definition) is 4. The van der Waals surface area contributed by atoms with Crippen molar-refractivity contribution < 1.29 is 19.7 Å². The van der Waals surface area contributed by atoms with E-state index < -0.39 is 22.3 Å². The van der Waals surface area contributed by atoms with Gasteiger partial charge in [0, 0.05) is 12.8 Å². The Morgan fingerprint density at radius 3 is 1.77 bits per heavy atom. The molecule has 0 radical (unpaired) electrons. The van der Waals surface area contributed by atoms with Crippen molar-refractivity contribution in [1.82, 2.24) is 0 Å². The molecule has 3 aromatic carbocycles. The van der Waals surface area contributed by atoms with Crippen LogP contribution in [0.4, 0.5) is 0 Å². The van der Waals surface area contributed by atoms with Crippen molar-refractivity contribution in [1.29, 1.82) is 0 Å². The summed E-state index contributed by atoms with van der Waals surface area (Å²) in [5.41, 5.74) is 1.96. The molecule has 1 fully saturated rings. The molecule has 2 N–H and O–H groups in total. The van der Waals surface area contributed by atoms with Crippen molar-refractivity contribution in [2.75, 3.05) is 6.61 Å². The summed E-state index contributed by atoms with van der Waals surface area (Å²) in [6, 6.07) is 29.8. The minimum atomic E-state index is -1.12. The van der Waals surface area contributed by atoms with Crippen LogP contribution in [0.15, 0.2) is 91.0 Å². The van der Waals surface area contributed by atoms with E-state index >= 15 is 0 Å². The lowest BCUT2D eigenvalue weighted by atomic mass is 9.81. The van der Waals surface area contributed by atoms with Gasteiger partial charge in [0.2, 0.25) is 0 Å². The molecule has 3 aromatic rings. The molecule has 4 nitrogen and oxygen atoms in total. The highest BCUT2D eigenvalue weighted by Crippen LogP contribution is 2.51. The lowest BCUT2D eigenvalue weighted by Gasteiger charge is -2.42. The van der Waals surface area contributed by atoms with Gasteiger partial charge in [-0.25, -0.2) is 0 Å². The highest BCUT2D eigenvalue weighted by molar-refractivity contribution is 9.10. The van der Waals surface area contributed by atoms with E-state index in [9.17, 15) is 10.2 Å². The van der Waals surface area contributed by atoms with E-state index in [0.29, 0.717) is 19.4 Å². The zero-order chi connectivity index (χ0) is 21.7. The fraction of sp³-hybridized carbons (Fsp3) is 0.308. The summed E-state index contributed by atoms with van der Waals surface area (Å²) in [7, 11) is 0. The third kappa shape index (κ3) is 4.61. The van der Waals surface area contributed by atoms with Crippen molar-refractivity contribution >= 4 is 15.9 Å². The molecule has 0 amide bonds. The Morgan fingerprint density at radius 1 is 0.774 bits per heavy atom. The van der Waals surface area contributed by atoms with E-state index in [0.717, 1.165) is 16.7 Å². The molecule has 31 heavy (non-hydrogen) atoms. The molecule has 1 saturated heterocycles. The normalized spacial score (nSPS) is 28.0. The molecule has 1 aliphatic heterocycles. The number of hydrogen-bond donors (Lipinski definition) is 2. The van der Waals surface area contributed by atoms with Crippen molar-refractivity contribution in [2.24, 2.45) is 0 Å². The smallest absolute Gasteiger partial charge is 0.159 e. The molecule has 1 heterocycles. The molecule has 162 valence electrons. The Hall–Kier alpha value is -2.02. The van der Waals surface area contributed by atoms with E-state index in [1.807, 2.05) is 91.0 Å². The van der Waals surface area contributed by atoms with Crippen molar-refractivity contribution in [3.63, 3.8) is 0 Å². The largest absolute Gasteiger partial charge is 0.394 e. The molecule has 5 heteroatoms. The second-order valence-corrected chi connectivity index (χ2v) is 9.28. The molecular weight excluding hydrogens is 456 g/mol. The average Bonchev–Trinajstić information content (AvgIpc) is 3.01. The third-order valence-electron chi connectivity index (χ3n) is 5.90. The standard InChI is InChI=1S/C26H27BrO4/c27-26(17-21-12-6-2-7-13-21)25(24(29)23(18-28)31-26,16-20-10-4-1-5-11-20)30-19-22-14-8-3-9-15-22/h1-15,23-24,28-29H,16-19H2/t23-,24-,25+,26-/m1/s1. The van der Waals surface area contributed by atoms with Gasteiger partial charge in [-0.3, -0.25) is 0 Å². The van der Waals surface area contributed by atoms with Crippen molar-refractivity contribution in [2.45, 2.75) is 41.8 Å². The maximum Gasteiger partial charge on any atom is 0.159 e. The molecule has 0 unspecified atom stereocenters. The second-order valence-electron chi connectivity index (χ2n) is 8.00. The van der Waals surface area contributed by atoms with Crippen LogP contribution < -0.4 is 0 Å². The van der Waals surface area contributed by atoms with Crippen LogP contribution in [-0.4, -0.2) is 39.1 Å². The van der Waals surface area contributed by atoms with Gasteiger partial charge in [-0.15, -0.1) is 0 Å². The molecule has 0 saturated carbocycles. The first-order valence-corrected chi connectivity index (χ1v) is 11.3. The van der Waals surface area contributed by atoms with Crippen LogP contribution in [-0.2, 0) is 28.9 Å². The number of rotatable bonds is 8. The van der Waals surface area contributed by atoms with Crippen LogP contribution >= 0.6 is 15.9 Å². The Balaban J connectivity index is 1.75. The lowest BCUT2D eigenvalue weighted by Crippen LogP contribution is -2.58. The van der Waals surface area contributed by atoms with E-state index in [4.69, 9.17) is 9.47 Å². The quantitative estimate of drug-likeness (QED) is 0.470. The van der Waals surface area contributed by atoms with Gasteiger partial charge in [0.05, 0.1) is 13.2 Å². The van der Waals surface area contributed by atoms with E-state index in [1.54, 1.807) is 0 Å². The van der Waals surface area contributed by atoms with E-state index in [-0.39, 0.29) is 6.61 Å². The number of benzene rings is 3. The van der Waals surface area contributed by atoms with Crippen LogP contribution in [0.2, 0.25) is 0 Å². The van der Waals surface area contributed by atoms with Crippen LogP contribution in [0.25, 0.3) is 0 Å². The SMILES string of the molecule is OC[C@H]1O[C@](Br)(Cc2ccccc2)[C@@](Cc2ccccc2)(OCc2ccccc2)[C@@H]1O. The summed E-state index contributed by atoms with van der Waals surface area (Å²) < 4.78 is 11.8. The monoisotopic (exact) mass is 482 g/mol. The molecule has 4 rings (SSSR count). The van der Waals surface area contributed by atoms with Gasteiger partial charge in [-0.1, -0.05) is 107 Å². The molecule has 0 aromatic heterocycles. The number of alkyl halides is 1. The minimum absolute atomic E-state index is 0.297. The first kappa shape index (κ1) is 22.2. The first-order chi connectivity index (χ1) is 15.1. The van der Waals surface area contributed by atoms with Gasteiger partial charge in [0.15, 0.2) is 4.51 Å². The summed E-state index contributed by atoms with van der Waals surface area (Å²) in [4.78, 5) is 0. The van der Waals surface area contributed by atoms with Crippen LogP contribution in [0.3, 0.4) is 0 Å². The van der Waals surface area contributed by atoms with Crippen LogP contribution in [0, 0.1) is 0 Å². The second kappa shape index (κ2) is 9.63. The van der Waals surface area contributed by atoms with E-state index in [2.05, 4.69) is 15.9 Å². The highest BCUT2D eigenvalue weighted by Gasteiger charge is 2.65. The Labute approximate surface area is 191 Å². The Morgan fingerprint density at radius 2 is 1.26 bits per heavy atom. The van der Waals surface area contributed by atoms with Crippen LogP contribution in [0.1, 0.15) is 16.7 Å². The van der Waals surface area contributed by atoms with Gasteiger partial charge in [-0.05, 0) is 16.7 Å². The summed E-state index contributed by atoms with van der Waals surface area (Å²) >= 11 is 3.84. The number of aliphatic hydroxyl groups excluding tert-OH is 2. The Bertz CT molecular complexity index is 953. The van der Waals surface area contributed by atoms with Crippen molar-refractivity contribution in [3.8, 4) is 0 Å². The lowest BCUT2D eigenvalue weighted by molar-refractivity contribution is -0.145. The maximum absolute atomic E-state index is 11.4. The third-order valence-corrected chi connectivity index (χ3v) is 7.04. The van der Waals surface area contributed by atoms with Crippen LogP contribution in [0.5, 0.6) is 0 Å². The number of ether oxygens (including phenoxy) is 2. The summed E-state index contributed by atoms with van der Waals surface area (Å²) in [6.45, 7) is 0.0168. The zero-order valence-corrected chi connectivity index (χ0v) is 18.8. The predicted octanol–water partition coefficient (Wildman–Crippen LogP) is 4.27. The first-order valence-electron chi connectivity index (χ1n) is 10.5. The number of halogens is 1. The number of aliphatic hydroxyl groups is 2. The van der Waals surface area contributed by atoms with Gasteiger partial charge < -0.3 is 19.7 Å². The minimum Gasteiger partial charge on any atom is -0.394 e. The summed E-state index contributed by atoms with van der Waals surface area (Å²) in [6.07, 6.45) is -0.883. The predicted molar refractivity (Wildman–Crippen MR) is 124 cm³/mol. The summed E-state index contributed by atoms with van der Waals surface area (Å²) in [5.74, 6) is 0. The molecule has 0 aliphatic carbocycles. The molecular formula is C26H27BrO4. The molecule has 0 bridgehead atoms. The Kier molecular flexibility index (Phi) is 6.89. The maximum atomic E-state index is 11.4. The highest BCUT2D eigenvalue weighted by atomic mass is 79.9. The fourth-order valence-corrected chi connectivity index (χ4v) is 5.33. The summed E-state index contributed by atoms with van der Waals surface area (Å²) in [5, 5.41) is 21.4. The van der Waals surface area contributed by atoms with Gasteiger partial charge in [-0.2, -0.15) is 0 Å². The van der Waals surface area contributed by atoms with Gasteiger partial charge in [0.25, 0.3) is 0 Å². The average molecular weight is 483 g/mol. The van der Waals surface area contributed by atoms with E-state index in [1.165, 1.54) is 0 Å². The molecule has 1 aliphatic rings. The zero-order valence-electron chi connectivity index (χ0n) is 17.2. The molecule has 0 spiro atoms. The van der Waals surface area contributed by atoms with Crippen molar-refractivity contribution in [3.05, 3.63) is 108 Å². The van der Waals surface area contributed by atoms with Gasteiger partial charge >= 0.3 is 0 Å². The fourth-order valence-electron chi connectivity index (χ4n) is 4.28.